The van der Waals surface area contributed by atoms with Gasteiger partial charge in [-0.1, -0.05) is 102 Å². The molecular weight excluding hydrogens is 1730 g/mol. The van der Waals surface area contributed by atoms with Gasteiger partial charge in [0.1, 0.15) is 90.3 Å². The fraction of sp³-hybridized carbons (Fsp3) is 0.528. The molecule has 15 atom stereocenters. The number of nitrogens with two attached hydrogens (primary N) is 3. The number of para-hydroxylation sites is 2. The summed E-state index contributed by atoms with van der Waals surface area (Å²) in [6.07, 6.45) is 3.76. The number of aromatic hydroxyl groups is 1. The van der Waals surface area contributed by atoms with Gasteiger partial charge in [-0.05, 0) is 98.9 Å². The summed E-state index contributed by atoms with van der Waals surface area (Å²) in [6.45, 7) is 5.85. The number of amides is 17. The molecule has 22 N–H and O–H groups in total. The highest BCUT2D eigenvalue weighted by molar-refractivity contribution is 8.00. The Morgan fingerprint density at radius 2 is 1.08 bits per heavy atom. The number of nitrogens with zero attached hydrogens (tertiary/aromatic N) is 6. The van der Waals surface area contributed by atoms with Crippen LogP contribution in [0.5, 0.6) is 5.75 Å². The SMILES string of the molecule is CCCC[C@H]1C(=O)N(C)[C@@H](CCCC)C(=O)N[C@@H](CCN)C(=O)N[C@H](C(=O)NCC(N)=O)CSCC(=O)N[C@@H](Cc2ccc(O)cc2)C(=O)N(C)[C@@H](C)C(=O)N[C@@H](CC(N)=O)C(=O)N2CCC[C@H]2C(=O)N[C@@H](Cc2cnc[nH]2)C(=O)N[C@@H](CC(C)C)C(=O)N2C[C@H](O)C[C@H]2C(=O)N[C@@H](Cc2c[nH]c3ccccc23)C(=O)N[C@@H](CO)C(=O)N[C@@H](Cc2c[nH]c3ccccc23)C(=O)N1C. The van der Waals surface area contributed by atoms with E-state index in [1.54, 1.807) is 74.8 Å². The lowest BCUT2D eigenvalue weighted by Gasteiger charge is -2.36. The Balaban J connectivity index is 1.09. The number of carbonyl (C=O) groups excluding carboxylic acids is 17. The first-order chi connectivity index (χ1) is 62.9. The summed E-state index contributed by atoms with van der Waals surface area (Å²) in [5.41, 5.74) is 20.2. The molecule has 3 aliphatic rings. The van der Waals surface area contributed by atoms with Crippen LogP contribution in [0.2, 0.25) is 0 Å². The Labute approximate surface area is 767 Å². The molecule has 0 aliphatic carbocycles. The molecule has 9 rings (SSSR count). The van der Waals surface area contributed by atoms with Crippen molar-refractivity contribution >= 4 is 134 Å². The van der Waals surface area contributed by atoms with E-state index in [0.717, 1.165) is 36.3 Å². The number of benzene rings is 3. The molecule has 3 fully saturated rings. The summed E-state index contributed by atoms with van der Waals surface area (Å²) in [6, 6.07) is -2.01. The van der Waals surface area contributed by atoms with E-state index in [-0.39, 0.29) is 95.4 Å². The van der Waals surface area contributed by atoms with Crippen LogP contribution in [0.1, 0.15) is 134 Å². The molecule has 43 heteroatoms. The van der Waals surface area contributed by atoms with E-state index < -0.39 is 229 Å². The van der Waals surface area contributed by atoms with Gasteiger partial charge >= 0.3 is 0 Å². The number of fused-ring (bicyclic) bond motifs is 4. The number of aliphatic hydroxyl groups excluding tert-OH is 2. The van der Waals surface area contributed by atoms with E-state index in [0.29, 0.717) is 69.9 Å². The molecule has 6 heterocycles. The maximum atomic E-state index is 15.7. The lowest BCUT2D eigenvalue weighted by molar-refractivity contribution is -0.149. The van der Waals surface area contributed by atoms with Crippen LogP contribution in [0.4, 0.5) is 0 Å². The Kier molecular flexibility index (Phi) is 37.9. The first-order valence-electron chi connectivity index (χ1n) is 44.3. The van der Waals surface area contributed by atoms with Crippen molar-refractivity contribution in [1.82, 2.24) is 97.6 Å². The van der Waals surface area contributed by atoms with Gasteiger partial charge in [-0.3, -0.25) is 81.5 Å². The molecule has 17 amide bonds. The summed E-state index contributed by atoms with van der Waals surface area (Å²) in [7, 11) is 3.92. The highest BCUT2D eigenvalue weighted by atomic mass is 32.2. The Morgan fingerprint density at radius 3 is 1.67 bits per heavy atom. The molecule has 6 aromatic rings. The smallest absolute Gasteiger partial charge is 0.246 e. The molecular formula is C89H124N22O20S. The third kappa shape index (κ3) is 27.8. The number of nitrogens with one attached hydrogen (secondary N) is 13. The fourth-order valence-electron chi connectivity index (χ4n) is 16.4. The molecule has 0 unspecified atom stereocenters. The van der Waals surface area contributed by atoms with E-state index in [2.05, 4.69) is 73.1 Å². The van der Waals surface area contributed by atoms with Gasteiger partial charge in [0.05, 0.1) is 37.8 Å². The number of primary amides is 2. The van der Waals surface area contributed by atoms with Gasteiger partial charge in [-0.15, -0.1) is 11.8 Å². The third-order valence-corrected chi connectivity index (χ3v) is 24.8. The fourth-order valence-corrected chi connectivity index (χ4v) is 17.3. The monoisotopic (exact) mass is 1850 g/mol. The molecule has 3 aromatic carbocycles. The average molecular weight is 1850 g/mol. The normalized spacial score (nSPS) is 25.1. The third-order valence-electron chi connectivity index (χ3n) is 23.8. The van der Waals surface area contributed by atoms with Gasteiger partial charge in [0.2, 0.25) is 100 Å². The van der Waals surface area contributed by atoms with E-state index >= 15 is 38.4 Å². The number of H-pyrrole nitrogens is 3. The number of aromatic amines is 3. The van der Waals surface area contributed by atoms with E-state index in [4.69, 9.17) is 17.2 Å². The Hall–Kier alpha value is -13.0. The summed E-state index contributed by atoms with van der Waals surface area (Å²) < 4.78 is 0. The number of rotatable bonds is 24. The minimum Gasteiger partial charge on any atom is -0.508 e. The van der Waals surface area contributed by atoms with Crippen molar-refractivity contribution in [3.05, 3.63) is 120 Å². The maximum Gasteiger partial charge on any atom is 0.246 e. The zero-order valence-corrected chi connectivity index (χ0v) is 76.2. The number of hydrogen-bond donors (Lipinski definition) is 19. The molecule has 3 aromatic heterocycles. The summed E-state index contributed by atoms with van der Waals surface area (Å²) >= 11 is 0.771. The van der Waals surface area contributed by atoms with Crippen molar-refractivity contribution in [2.24, 2.45) is 23.1 Å². The minimum absolute atomic E-state index is 0.00238. The molecule has 42 nitrogen and oxygen atoms in total. The summed E-state index contributed by atoms with van der Waals surface area (Å²) in [5, 5.41) is 60.5. The number of likely N-dealkylation sites (N-methyl/N-ethyl adjacent to an activating group) is 3. The van der Waals surface area contributed by atoms with Crippen molar-refractivity contribution in [3.63, 3.8) is 0 Å². The Bertz CT molecular complexity index is 5090. The van der Waals surface area contributed by atoms with Crippen LogP contribution in [0.15, 0.2) is 97.7 Å². The molecule has 0 bridgehead atoms. The van der Waals surface area contributed by atoms with Crippen LogP contribution < -0.4 is 70.4 Å². The number of phenolic OH excluding ortho intramolecular Hbond substituents is 1. The minimum atomic E-state index is -1.88. The van der Waals surface area contributed by atoms with Crippen LogP contribution in [0.25, 0.3) is 21.8 Å². The molecule has 3 saturated heterocycles. The van der Waals surface area contributed by atoms with Crippen molar-refractivity contribution in [1.29, 1.82) is 0 Å². The van der Waals surface area contributed by atoms with Crippen molar-refractivity contribution in [2.75, 3.05) is 65.4 Å². The lowest BCUT2D eigenvalue weighted by Crippen LogP contribution is -2.62. The van der Waals surface area contributed by atoms with Crippen molar-refractivity contribution < 1.29 is 96.8 Å². The molecule has 0 radical (unpaired) electrons. The molecule has 0 saturated carbocycles. The van der Waals surface area contributed by atoms with Crippen LogP contribution in [0.3, 0.4) is 0 Å². The van der Waals surface area contributed by atoms with E-state index in [9.17, 15) is 58.5 Å². The zero-order chi connectivity index (χ0) is 96.3. The van der Waals surface area contributed by atoms with Gasteiger partial charge in [0.15, 0.2) is 0 Å². The second-order valence-corrected chi connectivity index (χ2v) is 35.1. The standard InChI is InChI=1S/C89H124N22O20S/c1-9-11-22-69-82(124)99-60(29-30-90)78(120)106-68(77(119)96-42-74(92)116)45-132-46-75(117)98-64(33-50-25-27-54(113)28-26-50)85(127)107(6)49(5)76(118)102-66(38-73(91)115)87(129)110-31-17-24-70(110)83(125)101-62(36-53-41-93-47-97-53)80(122)103-63(32-48(3)4)88(130)111-43-55(114)37-72(111)84(126)100-61(34-51-39-94-58-20-15-13-18-56(51)58)79(121)105-67(44-112)81(123)104-65(35-52-40-95-59-21-16-14-19-57(52)59)86(128)109(8)71(23-12-10-2)89(131)108(69)7/h13-16,18-21,25-28,39-41,47-49,55,60-72,94-95,112-114H,9-12,17,22-24,29-38,42-46,90H2,1-8H3,(H2,91,115)(H2,92,116)(H,93,97)(H,96,119)(H,98,117)(H,99,124)(H,100,126)(H,101,125)(H,102,118)(H,103,122)(H,104,123)(H,105,121)(H,106,120)/t49-,55+,60-,61-,62-,63-,64-,65-,66-,67-,68-,69-,70-,71-,72-/m0/s1. The van der Waals surface area contributed by atoms with Crippen LogP contribution in [-0.4, -0.2) is 316 Å². The number of phenols is 1. The first-order valence-corrected chi connectivity index (χ1v) is 45.5. The predicted molar refractivity (Wildman–Crippen MR) is 484 cm³/mol. The van der Waals surface area contributed by atoms with Crippen LogP contribution >= 0.6 is 11.8 Å². The molecule has 132 heavy (non-hydrogen) atoms. The quantitative estimate of drug-likeness (QED) is 0.0290. The van der Waals surface area contributed by atoms with Crippen molar-refractivity contribution in [2.45, 2.75) is 228 Å². The molecule has 3 aliphatic heterocycles. The van der Waals surface area contributed by atoms with Gasteiger partial charge in [0, 0.05) is 118 Å². The number of unbranched alkanes of at least 4 members (excludes halogenated alkanes) is 2. The van der Waals surface area contributed by atoms with Crippen molar-refractivity contribution in [3.8, 4) is 5.75 Å². The van der Waals surface area contributed by atoms with Gasteiger partial charge in [-0.25, -0.2) is 4.98 Å². The van der Waals surface area contributed by atoms with E-state index in [1.807, 2.05) is 13.8 Å². The van der Waals surface area contributed by atoms with Crippen LogP contribution in [-0.2, 0) is 107 Å². The lowest BCUT2D eigenvalue weighted by atomic mass is 10.00. The summed E-state index contributed by atoms with van der Waals surface area (Å²) in [5.74, 6) is -17.4. The van der Waals surface area contributed by atoms with Gasteiger partial charge in [-0.2, -0.15) is 0 Å². The second-order valence-electron chi connectivity index (χ2n) is 34.1. The number of carbonyl (C=O) groups is 17. The number of thioether (sulfide) groups is 1. The highest BCUT2D eigenvalue weighted by Gasteiger charge is 2.47. The van der Waals surface area contributed by atoms with Gasteiger partial charge < -0.3 is 125 Å². The largest absolute Gasteiger partial charge is 0.508 e. The highest BCUT2D eigenvalue weighted by Crippen LogP contribution is 2.28. The zero-order valence-electron chi connectivity index (χ0n) is 75.3. The molecule has 0 spiro atoms. The number of hydrogen-bond acceptors (Lipinski definition) is 23. The summed E-state index contributed by atoms with van der Waals surface area (Å²) in [4.78, 5) is 268. The van der Waals surface area contributed by atoms with Crippen LogP contribution in [0, 0.1) is 5.92 Å². The topological polar surface area (TPSA) is 626 Å². The average Bonchev–Trinajstić information content (AvgIpc) is 1.60. The van der Waals surface area contributed by atoms with Gasteiger partial charge in [0.25, 0.3) is 0 Å². The number of imidazole rings is 1. The molecule has 716 valence electrons. The first kappa shape index (κ1) is 103. The Morgan fingerprint density at radius 1 is 0.553 bits per heavy atom. The maximum absolute atomic E-state index is 15.7. The van der Waals surface area contributed by atoms with E-state index in [1.165, 1.54) is 64.9 Å². The predicted octanol–water partition coefficient (Wildman–Crippen LogP) is -2.84. The number of aromatic nitrogens is 4. The second kappa shape index (κ2) is 48.7. The number of aliphatic hydroxyl groups is 2.